The second kappa shape index (κ2) is 4.93. The second-order valence-electron chi connectivity index (χ2n) is 6.78. The van der Waals surface area contributed by atoms with Gasteiger partial charge < -0.3 is 5.32 Å². The molecule has 0 aromatic carbocycles. The topological polar surface area (TPSA) is 29.9 Å². The van der Waals surface area contributed by atoms with Gasteiger partial charge >= 0.3 is 0 Å². The fraction of sp³-hybridized carbons (Fsp3) is 0.812. The number of fused-ring (bicyclic) bond motifs is 2. The molecule has 0 spiro atoms. The first kappa shape index (κ1) is 13.2. The standard InChI is InChI=1S/C16H27N3/c1-10(15-8-13-5-6-14(15)7-13)17-9-16-11(2)18-19(4)12(16)3/h10,13-15,17H,5-9H2,1-4H3. The van der Waals surface area contributed by atoms with Gasteiger partial charge in [0.15, 0.2) is 0 Å². The molecule has 2 fully saturated rings. The van der Waals surface area contributed by atoms with E-state index in [1.54, 1.807) is 0 Å². The first-order chi connectivity index (χ1) is 9.06. The van der Waals surface area contributed by atoms with Crippen LogP contribution in [-0.2, 0) is 13.6 Å². The summed E-state index contributed by atoms with van der Waals surface area (Å²) in [6.45, 7) is 7.64. The van der Waals surface area contributed by atoms with Crippen LogP contribution >= 0.6 is 0 Å². The Morgan fingerprint density at radius 3 is 2.63 bits per heavy atom. The first-order valence-corrected chi connectivity index (χ1v) is 7.78. The predicted octanol–water partition coefficient (Wildman–Crippen LogP) is 2.95. The van der Waals surface area contributed by atoms with Crippen molar-refractivity contribution in [1.82, 2.24) is 15.1 Å². The summed E-state index contributed by atoms with van der Waals surface area (Å²) >= 11 is 0. The van der Waals surface area contributed by atoms with Gasteiger partial charge in [-0.05, 0) is 57.8 Å². The molecule has 1 aromatic rings. The number of aryl methyl sites for hydroxylation is 2. The Hall–Kier alpha value is -0.830. The highest BCUT2D eigenvalue weighted by atomic mass is 15.3. The molecule has 0 aliphatic heterocycles. The maximum Gasteiger partial charge on any atom is 0.0641 e. The van der Waals surface area contributed by atoms with E-state index in [9.17, 15) is 0 Å². The van der Waals surface area contributed by atoms with Gasteiger partial charge in [0.05, 0.1) is 5.69 Å². The van der Waals surface area contributed by atoms with Crippen LogP contribution in [0.3, 0.4) is 0 Å². The van der Waals surface area contributed by atoms with Crippen LogP contribution in [0.1, 0.15) is 49.6 Å². The SMILES string of the molecule is Cc1nn(C)c(C)c1CNC(C)C1CC2CCC1C2. The van der Waals surface area contributed by atoms with Crippen molar-refractivity contribution in [2.24, 2.45) is 24.8 Å². The van der Waals surface area contributed by atoms with Crippen molar-refractivity contribution in [2.75, 3.05) is 0 Å². The van der Waals surface area contributed by atoms with E-state index in [2.05, 4.69) is 31.2 Å². The molecule has 2 aliphatic rings. The summed E-state index contributed by atoms with van der Waals surface area (Å²) in [5, 5.41) is 8.27. The van der Waals surface area contributed by atoms with Gasteiger partial charge in [-0.2, -0.15) is 5.10 Å². The molecular formula is C16H27N3. The summed E-state index contributed by atoms with van der Waals surface area (Å²) in [6, 6.07) is 0.648. The first-order valence-electron chi connectivity index (χ1n) is 7.78. The third kappa shape index (κ3) is 2.33. The lowest BCUT2D eigenvalue weighted by atomic mass is 9.84. The van der Waals surface area contributed by atoms with Crippen molar-refractivity contribution in [3.63, 3.8) is 0 Å². The zero-order valence-electron chi connectivity index (χ0n) is 12.7. The Kier molecular flexibility index (Phi) is 3.42. The van der Waals surface area contributed by atoms with Crippen molar-refractivity contribution in [1.29, 1.82) is 0 Å². The molecule has 2 saturated carbocycles. The van der Waals surface area contributed by atoms with Gasteiger partial charge in [-0.1, -0.05) is 6.42 Å². The number of aromatic nitrogens is 2. The van der Waals surface area contributed by atoms with Gasteiger partial charge in [-0.25, -0.2) is 0 Å². The van der Waals surface area contributed by atoms with Crippen LogP contribution in [-0.4, -0.2) is 15.8 Å². The zero-order chi connectivity index (χ0) is 13.6. The van der Waals surface area contributed by atoms with Gasteiger partial charge in [-0.3, -0.25) is 4.68 Å². The van der Waals surface area contributed by atoms with Gasteiger partial charge in [0.2, 0.25) is 0 Å². The predicted molar refractivity (Wildman–Crippen MR) is 77.9 cm³/mol. The van der Waals surface area contributed by atoms with Crippen molar-refractivity contribution in [2.45, 2.75) is 59.0 Å². The molecule has 1 aromatic heterocycles. The lowest BCUT2D eigenvalue weighted by molar-refractivity contribution is 0.259. The number of hydrogen-bond donors (Lipinski definition) is 1. The molecule has 4 unspecified atom stereocenters. The highest BCUT2D eigenvalue weighted by Crippen LogP contribution is 2.49. The van der Waals surface area contributed by atoms with Gasteiger partial charge in [0.25, 0.3) is 0 Å². The van der Waals surface area contributed by atoms with Crippen LogP contribution in [0.2, 0.25) is 0 Å². The van der Waals surface area contributed by atoms with Gasteiger partial charge in [-0.15, -0.1) is 0 Å². The Balaban J connectivity index is 1.60. The molecule has 3 rings (SSSR count). The van der Waals surface area contributed by atoms with Gasteiger partial charge in [0.1, 0.15) is 0 Å². The minimum absolute atomic E-state index is 0.648. The number of nitrogens with zero attached hydrogens (tertiary/aromatic N) is 2. The normalized spacial score (nSPS) is 31.1. The van der Waals surface area contributed by atoms with Crippen molar-refractivity contribution in [3.05, 3.63) is 17.0 Å². The van der Waals surface area contributed by atoms with Crippen LogP contribution in [0.25, 0.3) is 0 Å². The fourth-order valence-corrected chi connectivity index (χ4v) is 4.39. The Morgan fingerprint density at radius 1 is 1.32 bits per heavy atom. The molecule has 19 heavy (non-hydrogen) atoms. The molecule has 3 heteroatoms. The number of hydrogen-bond acceptors (Lipinski definition) is 2. The summed E-state index contributed by atoms with van der Waals surface area (Å²) in [5.74, 6) is 2.96. The summed E-state index contributed by atoms with van der Waals surface area (Å²) in [4.78, 5) is 0. The quantitative estimate of drug-likeness (QED) is 0.903. The van der Waals surface area contributed by atoms with E-state index in [0.717, 1.165) is 24.3 Å². The molecule has 1 heterocycles. The van der Waals surface area contributed by atoms with Crippen molar-refractivity contribution < 1.29 is 0 Å². The lowest BCUT2D eigenvalue weighted by Crippen LogP contribution is -2.36. The molecule has 2 aliphatic carbocycles. The highest BCUT2D eigenvalue weighted by Gasteiger charge is 2.41. The van der Waals surface area contributed by atoms with Crippen LogP contribution in [0.5, 0.6) is 0 Å². The van der Waals surface area contributed by atoms with E-state index in [1.165, 1.54) is 42.6 Å². The van der Waals surface area contributed by atoms with Crippen LogP contribution in [0.15, 0.2) is 0 Å². The minimum atomic E-state index is 0.648. The Labute approximate surface area is 116 Å². The molecule has 0 amide bonds. The highest BCUT2D eigenvalue weighted by molar-refractivity contribution is 5.24. The van der Waals surface area contributed by atoms with E-state index in [0.29, 0.717) is 6.04 Å². The summed E-state index contributed by atoms with van der Waals surface area (Å²) in [6.07, 6.45) is 5.94. The van der Waals surface area contributed by atoms with Crippen LogP contribution in [0, 0.1) is 31.6 Å². The largest absolute Gasteiger partial charge is 0.310 e. The van der Waals surface area contributed by atoms with Crippen LogP contribution < -0.4 is 5.32 Å². The summed E-state index contributed by atoms with van der Waals surface area (Å²) in [5.41, 5.74) is 3.86. The molecule has 2 bridgehead atoms. The third-order valence-corrected chi connectivity index (χ3v) is 5.69. The molecule has 3 nitrogen and oxygen atoms in total. The van der Waals surface area contributed by atoms with E-state index in [4.69, 9.17) is 0 Å². The summed E-state index contributed by atoms with van der Waals surface area (Å²) < 4.78 is 1.99. The third-order valence-electron chi connectivity index (χ3n) is 5.69. The second-order valence-corrected chi connectivity index (χ2v) is 6.78. The van der Waals surface area contributed by atoms with E-state index in [1.807, 2.05) is 11.7 Å². The maximum atomic E-state index is 4.50. The van der Waals surface area contributed by atoms with E-state index >= 15 is 0 Å². The van der Waals surface area contributed by atoms with Crippen LogP contribution in [0.4, 0.5) is 0 Å². The summed E-state index contributed by atoms with van der Waals surface area (Å²) in [7, 11) is 2.03. The van der Waals surface area contributed by atoms with Crippen molar-refractivity contribution >= 4 is 0 Å². The fourth-order valence-electron chi connectivity index (χ4n) is 4.39. The Morgan fingerprint density at radius 2 is 2.11 bits per heavy atom. The molecule has 4 atom stereocenters. The minimum Gasteiger partial charge on any atom is -0.310 e. The lowest BCUT2D eigenvalue weighted by Gasteiger charge is -2.28. The molecular weight excluding hydrogens is 234 g/mol. The van der Waals surface area contributed by atoms with Gasteiger partial charge in [0, 0.05) is 30.9 Å². The van der Waals surface area contributed by atoms with Crippen molar-refractivity contribution in [3.8, 4) is 0 Å². The molecule has 0 radical (unpaired) electrons. The number of nitrogens with one attached hydrogen (secondary N) is 1. The number of rotatable bonds is 4. The van der Waals surface area contributed by atoms with E-state index in [-0.39, 0.29) is 0 Å². The molecule has 0 saturated heterocycles. The molecule has 106 valence electrons. The smallest absolute Gasteiger partial charge is 0.0641 e. The van der Waals surface area contributed by atoms with E-state index < -0.39 is 0 Å². The monoisotopic (exact) mass is 261 g/mol. The Bertz CT molecular complexity index is 463. The average Bonchev–Trinajstić information content (AvgIpc) is 3.05. The maximum absolute atomic E-state index is 4.50. The molecule has 1 N–H and O–H groups in total. The zero-order valence-corrected chi connectivity index (χ0v) is 12.7. The average molecular weight is 261 g/mol.